The van der Waals surface area contributed by atoms with Gasteiger partial charge in [0.15, 0.2) is 0 Å². The Hall–Kier alpha value is -0.870. The number of nitrogens with zero attached hydrogens (tertiary/aromatic N) is 1. The van der Waals surface area contributed by atoms with Gasteiger partial charge in [-0.25, -0.2) is 0 Å². The van der Waals surface area contributed by atoms with Crippen LogP contribution in [0.5, 0.6) is 0 Å². The van der Waals surface area contributed by atoms with Crippen molar-refractivity contribution >= 4 is 21.8 Å². The van der Waals surface area contributed by atoms with Crippen molar-refractivity contribution in [1.82, 2.24) is 10.2 Å². The molecule has 1 aliphatic carbocycles. The van der Waals surface area contributed by atoms with Gasteiger partial charge in [0.05, 0.1) is 5.56 Å². The summed E-state index contributed by atoms with van der Waals surface area (Å²) in [6, 6.07) is 6.99. The molecule has 2 aliphatic rings. The minimum absolute atomic E-state index is 0.0467. The Balaban J connectivity index is 1.57. The van der Waals surface area contributed by atoms with E-state index in [-0.39, 0.29) is 5.91 Å². The van der Waals surface area contributed by atoms with Crippen molar-refractivity contribution in [3.63, 3.8) is 0 Å². The van der Waals surface area contributed by atoms with Gasteiger partial charge in [0.25, 0.3) is 5.91 Å². The first-order valence-electron chi connectivity index (χ1n) is 7.45. The van der Waals surface area contributed by atoms with E-state index in [4.69, 9.17) is 0 Å². The fourth-order valence-corrected chi connectivity index (χ4v) is 3.38. The van der Waals surface area contributed by atoms with E-state index in [0.29, 0.717) is 6.04 Å². The fraction of sp³-hybridized carbons (Fsp3) is 0.562. The average Bonchev–Trinajstić information content (AvgIpc) is 3.27. The van der Waals surface area contributed by atoms with E-state index in [2.05, 4.69) is 26.1 Å². The zero-order chi connectivity index (χ0) is 14.1. The Morgan fingerprint density at radius 3 is 2.60 bits per heavy atom. The standard InChI is InChI=1S/C16H21BrN2O/c1-11-3-2-4-14(15(11)17)16(20)18-12-7-9-19(10-8-12)13-5-6-13/h2-4,12-13H,5-10H2,1H3,(H,18,20). The quantitative estimate of drug-likeness (QED) is 0.919. The summed E-state index contributed by atoms with van der Waals surface area (Å²) in [5.41, 5.74) is 1.84. The predicted octanol–water partition coefficient (Wildman–Crippen LogP) is 3.11. The van der Waals surface area contributed by atoms with Crippen molar-refractivity contribution in [2.24, 2.45) is 0 Å². The molecule has 0 radical (unpaired) electrons. The first-order valence-corrected chi connectivity index (χ1v) is 8.24. The van der Waals surface area contributed by atoms with Gasteiger partial charge in [-0.05, 0) is 60.2 Å². The molecule has 1 N–H and O–H groups in total. The second-order valence-electron chi connectivity index (χ2n) is 5.95. The van der Waals surface area contributed by atoms with Crippen molar-refractivity contribution in [2.75, 3.05) is 13.1 Å². The molecule has 1 saturated heterocycles. The molecule has 0 spiro atoms. The normalized spacial score (nSPS) is 20.9. The minimum Gasteiger partial charge on any atom is -0.349 e. The van der Waals surface area contributed by atoms with Gasteiger partial charge in [0.2, 0.25) is 0 Å². The molecule has 4 heteroatoms. The third-order valence-corrected chi connectivity index (χ3v) is 5.42. The third kappa shape index (κ3) is 3.07. The smallest absolute Gasteiger partial charge is 0.252 e. The van der Waals surface area contributed by atoms with E-state index in [1.807, 2.05) is 25.1 Å². The highest BCUT2D eigenvalue weighted by atomic mass is 79.9. The molecule has 1 aromatic carbocycles. The lowest BCUT2D eigenvalue weighted by Gasteiger charge is -2.32. The lowest BCUT2D eigenvalue weighted by Crippen LogP contribution is -2.45. The van der Waals surface area contributed by atoms with Crippen molar-refractivity contribution < 1.29 is 4.79 Å². The van der Waals surface area contributed by atoms with Crippen LogP contribution < -0.4 is 5.32 Å². The molecule has 0 atom stereocenters. The summed E-state index contributed by atoms with van der Waals surface area (Å²) in [6.45, 7) is 4.27. The Bertz CT molecular complexity index is 505. The molecule has 20 heavy (non-hydrogen) atoms. The lowest BCUT2D eigenvalue weighted by atomic mass is 10.0. The van der Waals surface area contributed by atoms with Crippen LogP contribution in [-0.2, 0) is 0 Å². The maximum atomic E-state index is 12.4. The SMILES string of the molecule is Cc1cccc(C(=O)NC2CCN(C3CC3)CC2)c1Br. The van der Waals surface area contributed by atoms with Crippen LogP contribution in [0.1, 0.15) is 41.6 Å². The topological polar surface area (TPSA) is 32.3 Å². The molecule has 0 bridgehead atoms. The van der Waals surface area contributed by atoms with Crippen LogP contribution >= 0.6 is 15.9 Å². The van der Waals surface area contributed by atoms with Crippen LogP contribution in [-0.4, -0.2) is 36.0 Å². The summed E-state index contributed by atoms with van der Waals surface area (Å²) < 4.78 is 0.910. The molecule has 1 aromatic rings. The Kier molecular flexibility index (Phi) is 4.13. The minimum atomic E-state index is 0.0467. The fourth-order valence-electron chi connectivity index (χ4n) is 2.93. The number of benzene rings is 1. The number of carbonyl (C=O) groups excluding carboxylic acids is 1. The number of halogens is 1. The van der Waals surface area contributed by atoms with Gasteiger partial charge in [-0.15, -0.1) is 0 Å². The van der Waals surface area contributed by atoms with Crippen LogP contribution in [0.15, 0.2) is 22.7 Å². The number of amides is 1. The molecule has 108 valence electrons. The summed E-state index contributed by atoms with van der Waals surface area (Å²) >= 11 is 3.51. The molecule has 0 unspecified atom stereocenters. The second-order valence-corrected chi connectivity index (χ2v) is 6.74. The van der Waals surface area contributed by atoms with Crippen LogP contribution in [0.3, 0.4) is 0 Å². The van der Waals surface area contributed by atoms with Gasteiger partial charge < -0.3 is 10.2 Å². The molecule has 1 saturated carbocycles. The highest BCUT2D eigenvalue weighted by Gasteiger charge is 2.32. The van der Waals surface area contributed by atoms with Gasteiger partial charge in [-0.1, -0.05) is 12.1 Å². The van der Waals surface area contributed by atoms with E-state index >= 15 is 0 Å². The lowest BCUT2D eigenvalue weighted by molar-refractivity contribution is 0.0908. The number of rotatable bonds is 3. The Morgan fingerprint density at radius 2 is 1.95 bits per heavy atom. The van der Waals surface area contributed by atoms with Gasteiger partial charge in [0.1, 0.15) is 0 Å². The van der Waals surface area contributed by atoms with E-state index in [0.717, 1.165) is 47.6 Å². The highest BCUT2D eigenvalue weighted by Crippen LogP contribution is 2.29. The number of nitrogens with one attached hydrogen (secondary N) is 1. The third-order valence-electron chi connectivity index (χ3n) is 4.36. The van der Waals surface area contributed by atoms with E-state index in [1.165, 1.54) is 12.8 Å². The Morgan fingerprint density at radius 1 is 1.25 bits per heavy atom. The first kappa shape index (κ1) is 14.1. The molecule has 1 amide bonds. The molecule has 1 aliphatic heterocycles. The predicted molar refractivity (Wildman–Crippen MR) is 84.0 cm³/mol. The number of likely N-dealkylation sites (tertiary alicyclic amines) is 1. The zero-order valence-electron chi connectivity index (χ0n) is 11.9. The highest BCUT2D eigenvalue weighted by molar-refractivity contribution is 9.10. The van der Waals surface area contributed by atoms with Crippen LogP contribution in [0.25, 0.3) is 0 Å². The molecule has 3 rings (SSSR count). The maximum Gasteiger partial charge on any atom is 0.252 e. The summed E-state index contributed by atoms with van der Waals surface area (Å²) in [4.78, 5) is 14.9. The Labute approximate surface area is 128 Å². The first-order chi connectivity index (χ1) is 9.65. The summed E-state index contributed by atoms with van der Waals surface area (Å²) in [5.74, 6) is 0.0467. The maximum absolute atomic E-state index is 12.4. The zero-order valence-corrected chi connectivity index (χ0v) is 13.4. The van der Waals surface area contributed by atoms with Crippen LogP contribution in [0.4, 0.5) is 0 Å². The van der Waals surface area contributed by atoms with E-state index in [9.17, 15) is 4.79 Å². The molecule has 2 fully saturated rings. The van der Waals surface area contributed by atoms with Gasteiger partial charge >= 0.3 is 0 Å². The number of aryl methyl sites for hydroxylation is 1. The summed E-state index contributed by atoms with van der Waals surface area (Å²) in [5, 5.41) is 3.19. The number of piperidine rings is 1. The number of hydrogen-bond acceptors (Lipinski definition) is 2. The number of carbonyl (C=O) groups is 1. The molecule has 1 heterocycles. The van der Waals surface area contributed by atoms with Gasteiger partial charge in [-0.2, -0.15) is 0 Å². The monoisotopic (exact) mass is 336 g/mol. The molecular weight excluding hydrogens is 316 g/mol. The van der Waals surface area contributed by atoms with Crippen molar-refractivity contribution in [3.05, 3.63) is 33.8 Å². The van der Waals surface area contributed by atoms with E-state index in [1.54, 1.807) is 0 Å². The van der Waals surface area contributed by atoms with Gasteiger partial charge in [0, 0.05) is 29.6 Å². The van der Waals surface area contributed by atoms with Crippen molar-refractivity contribution in [3.8, 4) is 0 Å². The molecule has 3 nitrogen and oxygen atoms in total. The van der Waals surface area contributed by atoms with Crippen molar-refractivity contribution in [1.29, 1.82) is 0 Å². The van der Waals surface area contributed by atoms with Crippen LogP contribution in [0, 0.1) is 6.92 Å². The van der Waals surface area contributed by atoms with Gasteiger partial charge in [-0.3, -0.25) is 4.79 Å². The summed E-state index contributed by atoms with van der Waals surface area (Å²) in [7, 11) is 0. The average molecular weight is 337 g/mol. The summed E-state index contributed by atoms with van der Waals surface area (Å²) in [6.07, 6.45) is 4.89. The number of hydrogen-bond donors (Lipinski definition) is 1. The largest absolute Gasteiger partial charge is 0.349 e. The van der Waals surface area contributed by atoms with E-state index < -0.39 is 0 Å². The van der Waals surface area contributed by atoms with Crippen molar-refractivity contribution in [2.45, 2.75) is 44.7 Å². The molecule has 0 aromatic heterocycles. The second kappa shape index (κ2) is 5.86. The molecular formula is C16H21BrN2O. The van der Waals surface area contributed by atoms with Crippen LogP contribution in [0.2, 0.25) is 0 Å².